The summed E-state index contributed by atoms with van der Waals surface area (Å²) in [5.41, 5.74) is 7.56. The lowest BCUT2D eigenvalue weighted by molar-refractivity contribution is 0.749. The predicted molar refractivity (Wildman–Crippen MR) is 62.2 cm³/mol. The minimum absolute atomic E-state index is 0.730. The summed E-state index contributed by atoms with van der Waals surface area (Å²) >= 11 is 0. The minimum Gasteiger partial charge on any atom is -0.399 e. The highest BCUT2D eigenvalue weighted by molar-refractivity contribution is 5.88. The van der Waals surface area contributed by atoms with Crippen LogP contribution < -0.4 is 5.73 Å². The first-order valence-corrected chi connectivity index (χ1v) is 4.98. The van der Waals surface area contributed by atoms with Gasteiger partial charge in [-0.05, 0) is 24.3 Å². The van der Waals surface area contributed by atoms with Crippen LogP contribution in [0.3, 0.4) is 0 Å². The second-order valence-corrected chi connectivity index (χ2v) is 3.67. The molecule has 0 aliphatic rings. The number of hydrogen-bond donors (Lipinski definition) is 1. The molecule has 0 radical (unpaired) electrons. The second-order valence-electron chi connectivity index (χ2n) is 3.67. The van der Waals surface area contributed by atoms with Gasteiger partial charge in [0.1, 0.15) is 0 Å². The maximum absolute atomic E-state index is 5.79. The van der Waals surface area contributed by atoms with Gasteiger partial charge < -0.3 is 5.73 Å². The normalized spacial score (nSPS) is 11.1. The van der Waals surface area contributed by atoms with Gasteiger partial charge in [-0.1, -0.05) is 0 Å². The number of anilines is 1. The lowest BCUT2D eigenvalue weighted by Crippen LogP contribution is -1.97. The topological polar surface area (TPSA) is 61.7 Å². The van der Waals surface area contributed by atoms with Crippen LogP contribution in [0, 0.1) is 0 Å². The Labute approximate surface area is 92.1 Å². The van der Waals surface area contributed by atoms with Crippen LogP contribution in [0.4, 0.5) is 5.69 Å². The largest absolute Gasteiger partial charge is 0.399 e. The highest BCUT2D eigenvalue weighted by atomic mass is 15.4. The van der Waals surface area contributed by atoms with Crippen LogP contribution in [0.15, 0.2) is 36.7 Å². The van der Waals surface area contributed by atoms with Crippen molar-refractivity contribution in [2.24, 2.45) is 7.05 Å². The Hall–Kier alpha value is -2.30. The van der Waals surface area contributed by atoms with Gasteiger partial charge in [0.2, 0.25) is 0 Å². The van der Waals surface area contributed by atoms with Gasteiger partial charge in [-0.25, -0.2) is 4.68 Å². The van der Waals surface area contributed by atoms with Crippen LogP contribution in [0.2, 0.25) is 0 Å². The first-order chi connectivity index (χ1) is 7.75. The summed E-state index contributed by atoms with van der Waals surface area (Å²) < 4.78 is 3.56. The van der Waals surface area contributed by atoms with Gasteiger partial charge in [-0.15, -0.1) is 0 Å². The minimum atomic E-state index is 0.730. The SMILES string of the molecule is Cn1nc(-n2cccn2)c2cc(N)ccc21. The Morgan fingerprint density at radius 1 is 1.31 bits per heavy atom. The Bertz CT molecular complexity index is 636. The van der Waals surface area contributed by atoms with E-state index in [4.69, 9.17) is 5.73 Å². The summed E-state index contributed by atoms with van der Waals surface area (Å²) in [5.74, 6) is 0.801. The van der Waals surface area contributed by atoms with E-state index in [2.05, 4.69) is 10.2 Å². The molecular formula is C11H11N5. The van der Waals surface area contributed by atoms with Crippen molar-refractivity contribution in [2.45, 2.75) is 0 Å². The third kappa shape index (κ3) is 1.18. The summed E-state index contributed by atoms with van der Waals surface area (Å²) in [5, 5.41) is 9.62. The van der Waals surface area contributed by atoms with E-state index in [9.17, 15) is 0 Å². The lowest BCUT2D eigenvalue weighted by atomic mass is 10.2. The number of nitrogen functional groups attached to an aromatic ring is 1. The molecule has 1 aromatic carbocycles. The molecule has 0 unspecified atom stereocenters. The van der Waals surface area contributed by atoms with Crippen molar-refractivity contribution in [3.63, 3.8) is 0 Å². The molecule has 0 bridgehead atoms. The van der Waals surface area contributed by atoms with Crippen molar-refractivity contribution in [1.29, 1.82) is 0 Å². The highest BCUT2D eigenvalue weighted by Gasteiger charge is 2.10. The zero-order valence-electron chi connectivity index (χ0n) is 8.83. The van der Waals surface area contributed by atoms with E-state index in [0.29, 0.717) is 0 Å². The van der Waals surface area contributed by atoms with Crippen molar-refractivity contribution in [2.75, 3.05) is 5.73 Å². The van der Waals surface area contributed by atoms with Gasteiger partial charge in [0.15, 0.2) is 5.82 Å². The molecular weight excluding hydrogens is 202 g/mol. The zero-order chi connectivity index (χ0) is 11.1. The molecule has 0 spiro atoms. The van der Waals surface area contributed by atoms with E-state index in [-0.39, 0.29) is 0 Å². The number of benzene rings is 1. The number of fused-ring (bicyclic) bond motifs is 1. The van der Waals surface area contributed by atoms with Gasteiger partial charge in [0, 0.05) is 30.5 Å². The van der Waals surface area contributed by atoms with Crippen molar-refractivity contribution < 1.29 is 0 Å². The van der Waals surface area contributed by atoms with Gasteiger partial charge in [-0.3, -0.25) is 4.68 Å². The van der Waals surface area contributed by atoms with E-state index in [1.165, 1.54) is 0 Å². The average molecular weight is 213 g/mol. The molecule has 2 N–H and O–H groups in total. The van der Waals surface area contributed by atoms with Crippen LogP contribution in [0.25, 0.3) is 16.7 Å². The number of hydrogen-bond acceptors (Lipinski definition) is 3. The average Bonchev–Trinajstić information content (AvgIpc) is 2.86. The van der Waals surface area contributed by atoms with Gasteiger partial charge in [-0.2, -0.15) is 10.2 Å². The van der Waals surface area contributed by atoms with Crippen LogP contribution in [0.5, 0.6) is 0 Å². The summed E-state index contributed by atoms with van der Waals surface area (Å²) in [7, 11) is 1.91. The Balaban J connectivity index is 2.37. The lowest BCUT2D eigenvalue weighted by Gasteiger charge is -1.97. The van der Waals surface area contributed by atoms with Gasteiger partial charge >= 0.3 is 0 Å². The van der Waals surface area contributed by atoms with Crippen LogP contribution >= 0.6 is 0 Å². The van der Waals surface area contributed by atoms with Crippen LogP contribution in [0.1, 0.15) is 0 Å². The third-order valence-electron chi connectivity index (χ3n) is 2.58. The first kappa shape index (κ1) is 8.96. The van der Waals surface area contributed by atoms with Crippen molar-refractivity contribution in [3.8, 4) is 5.82 Å². The number of nitrogens with two attached hydrogens (primary N) is 1. The van der Waals surface area contributed by atoms with E-state index in [1.807, 2.05) is 42.2 Å². The quantitative estimate of drug-likeness (QED) is 0.620. The van der Waals surface area contributed by atoms with Crippen LogP contribution in [-0.4, -0.2) is 19.6 Å². The maximum atomic E-state index is 5.79. The number of aromatic nitrogens is 4. The van der Waals surface area contributed by atoms with E-state index in [1.54, 1.807) is 10.9 Å². The maximum Gasteiger partial charge on any atom is 0.183 e. The van der Waals surface area contributed by atoms with Gasteiger partial charge in [0.25, 0.3) is 0 Å². The fraction of sp³-hybridized carbons (Fsp3) is 0.0909. The Morgan fingerprint density at radius 2 is 2.19 bits per heavy atom. The molecule has 0 saturated carbocycles. The van der Waals surface area contributed by atoms with Crippen molar-refractivity contribution in [1.82, 2.24) is 19.6 Å². The molecule has 0 amide bonds. The molecule has 0 atom stereocenters. The van der Waals surface area contributed by atoms with Crippen molar-refractivity contribution in [3.05, 3.63) is 36.7 Å². The number of rotatable bonds is 1. The summed E-state index contributed by atoms with van der Waals surface area (Å²) in [6.07, 6.45) is 3.60. The monoisotopic (exact) mass is 213 g/mol. The summed E-state index contributed by atoms with van der Waals surface area (Å²) in [6, 6.07) is 7.62. The Morgan fingerprint density at radius 3 is 2.94 bits per heavy atom. The number of nitrogens with zero attached hydrogens (tertiary/aromatic N) is 4. The van der Waals surface area contributed by atoms with Crippen molar-refractivity contribution >= 4 is 16.6 Å². The molecule has 0 aliphatic carbocycles. The zero-order valence-corrected chi connectivity index (χ0v) is 8.83. The second kappa shape index (κ2) is 3.10. The molecule has 3 aromatic rings. The summed E-state index contributed by atoms with van der Waals surface area (Å²) in [6.45, 7) is 0. The molecule has 0 aliphatic heterocycles. The molecule has 0 fully saturated rings. The van der Waals surface area contributed by atoms with Crippen LogP contribution in [-0.2, 0) is 7.05 Å². The van der Waals surface area contributed by atoms with E-state index >= 15 is 0 Å². The standard InChI is InChI=1S/C11H11N5/c1-15-10-4-3-8(12)7-9(10)11(14-15)16-6-2-5-13-16/h2-7H,12H2,1H3. The van der Waals surface area contributed by atoms with E-state index < -0.39 is 0 Å². The molecule has 80 valence electrons. The molecule has 0 saturated heterocycles. The van der Waals surface area contributed by atoms with Gasteiger partial charge in [0.05, 0.1) is 5.52 Å². The number of aryl methyl sites for hydroxylation is 1. The molecule has 16 heavy (non-hydrogen) atoms. The molecule has 5 heteroatoms. The third-order valence-corrected chi connectivity index (χ3v) is 2.58. The Kier molecular flexibility index (Phi) is 1.73. The fourth-order valence-corrected chi connectivity index (χ4v) is 1.83. The van der Waals surface area contributed by atoms with E-state index in [0.717, 1.165) is 22.4 Å². The molecule has 2 heterocycles. The summed E-state index contributed by atoms with van der Waals surface area (Å²) in [4.78, 5) is 0. The molecule has 5 nitrogen and oxygen atoms in total. The smallest absolute Gasteiger partial charge is 0.183 e. The predicted octanol–water partition coefficient (Wildman–Crippen LogP) is 1.34. The molecule has 3 rings (SSSR count). The fourth-order valence-electron chi connectivity index (χ4n) is 1.83. The highest BCUT2D eigenvalue weighted by Crippen LogP contribution is 2.22. The first-order valence-electron chi connectivity index (χ1n) is 4.98. The molecule has 2 aromatic heterocycles.